The Kier molecular flexibility index (Phi) is 2.88. The molecule has 0 spiro atoms. The third-order valence-electron chi connectivity index (χ3n) is 1.34. The minimum absolute atomic E-state index is 0.205. The maximum absolute atomic E-state index is 10.5. The molecule has 0 aromatic carbocycles. The average Bonchev–Trinajstić information content (AvgIpc) is 2.30. The first-order chi connectivity index (χ1) is 5.90. The van der Waals surface area contributed by atoms with E-state index in [-0.39, 0.29) is 5.16 Å². The molecule has 1 aromatic heterocycles. The zero-order chi connectivity index (χ0) is 10.1. The van der Waals surface area contributed by atoms with Crippen molar-refractivity contribution in [1.29, 1.82) is 0 Å². The van der Waals surface area contributed by atoms with Gasteiger partial charge in [-0.3, -0.25) is 4.55 Å². The molecule has 13 heavy (non-hydrogen) atoms. The molecule has 0 aliphatic rings. The van der Waals surface area contributed by atoms with Crippen LogP contribution in [0.25, 0.3) is 0 Å². The van der Waals surface area contributed by atoms with Crippen molar-refractivity contribution in [3.8, 4) is 0 Å². The number of thiol groups is 1. The Bertz CT molecular complexity index is 386. The zero-order valence-corrected chi connectivity index (χ0v) is 8.40. The summed E-state index contributed by atoms with van der Waals surface area (Å²) in [6.45, 7) is 1.56. The van der Waals surface area contributed by atoms with Gasteiger partial charge in [-0.25, -0.2) is 4.68 Å². The van der Waals surface area contributed by atoms with Crippen molar-refractivity contribution >= 4 is 22.7 Å². The number of nitrogens with zero attached hydrogens (tertiary/aromatic N) is 4. The lowest BCUT2D eigenvalue weighted by Crippen LogP contribution is -2.18. The van der Waals surface area contributed by atoms with Crippen LogP contribution in [0.5, 0.6) is 0 Å². The minimum Gasteiger partial charge on any atom is -0.285 e. The van der Waals surface area contributed by atoms with Crippen LogP contribution >= 0.6 is 12.6 Å². The second kappa shape index (κ2) is 3.60. The zero-order valence-electron chi connectivity index (χ0n) is 6.69. The van der Waals surface area contributed by atoms with Crippen LogP contribution in [0.2, 0.25) is 0 Å². The topological polar surface area (TPSA) is 98.0 Å². The highest BCUT2D eigenvalue weighted by molar-refractivity contribution is 7.85. The highest BCUT2D eigenvalue weighted by atomic mass is 32.2. The summed E-state index contributed by atoms with van der Waals surface area (Å²) >= 11 is 3.89. The molecule has 0 radical (unpaired) electrons. The van der Waals surface area contributed by atoms with Gasteiger partial charge in [-0.1, -0.05) is 0 Å². The maximum Gasteiger partial charge on any atom is 0.266 e. The first-order valence-corrected chi connectivity index (χ1v) is 5.38. The predicted octanol–water partition coefficient (Wildman–Crippen LogP) is -0.589. The van der Waals surface area contributed by atoms with E-state index >= 15 is 0 Å². The number of tetrazole rings is 1. The Hall–Kier alpha value is -0.670. The fourth-order valence-corrected chi connectivity index (χ4v) is 1.88. The van der Waals surface area contributed by atoms with Crippen LogP contribution in [-0.4, -0.2) is 38.9 Å². The predicted molar refractivity (Wildman–Crippen MR) is 46.2 cm³/mol. The summed E-state index contributed by atoms with van der Waals surface area (Å²) in [5.74, 6) is -0.439. The van der Waals surface area contributed by atoms with E-state index in [0.29, 0.717) is 0 Å². The van der Waals surface area contributed by atoms with E-state index in [4.69, 9.17) is 4.55 Å². The number of hydrogen-bond donors (Lipinski definition) is 2. The van der Waals surface area contributed by atoms with Gasteiger partial charge >= 0.3 is 0 Å². The van der Waals surface area contributed by atoms with Crippen molar-refractivity contribution in [3.63, 3.8) is 0 Å². The summed E-state index contributed by atoms with van der Waals surface area (Å²) in [6.07, 6.45) is 0. The molecule has 1 heterocycles. The van der Waals surface area contributed by atoms with E-state index in [9.17, 15) is 8.42 Å². The van der Waals surface area contributed by atoms with Crippen LogP contribution in [0.1, 0.15) is 13.0 Å². The summed E-state index contributed by atoms with van der Waals surface area (Å²) in [6, 6.07) is -0.544. The lowest BCUT2D eigenvalue weighted by Gasteiger charge is -2.08. The molecule has 0 amide bonds. The first-order valence-electron chi connectivity index (χ1n) is 3.32. The molecule has 7 nitrogen and oxygen atoms in total. The molecule has 0 fully saturated rings. The van der Waals surface area contributed by atoms with Crippen LogP contribution < -0.4 is 0 Å². The van der Waals surface area contributed by atoms with E-state index in [0.717, 1.165) is 0 Å². The molecule has 0 bridgehead atoms. The third kappa shape index (κ3) is 2.94. The lowest BCUT2D eigenvalue weighted by molar-refractivity contribution is 0.438. The van der Waals surface area contributed by atoms with Gasteiger partial charge in [-0.2, -0.15) is 8.42 Å². The Morgan fingerprint density at radius 3 is 2.69 bits per heavy atom. The van der Waals surface area contributed by atoms with E-state index in [2.05, 4.69) is 28.2 Å². The van der Waals surface area contributed by atoms with E-state index in [1.54, 1.807) is 6.92 Å². The van der Waals surface area contributed by atoms with Gasteiger partial charge in [0.2, 0.25) is 5.16 Å². The van der Waals surface area contributed by atoms with E-state index in [1.165, 1.54) is 4.68 Å². The lowest BCUT2D eigenvalue weighted by atomic mass is 10.4. The van der Waals surface area contributed by atoms with Gasteiger partial charge in [0.15, 0.2) is 0 Å². The van der Waals surface area contributed by atoms with Crippen LogP contribution in [-0.2, 0) is 10.1 Å². The molecule has 1 atom stereocenters. The summed E-state index contributed by atoms with van der Waals surface area (Å²) in [7, 11) is -4.02. The van der Waals surface area contributed by atoms with Gasteiger partial charge in [0.25, 0.3) is 10.1 Å². The van der Waals surface area contributed by atoms with Gasteiger partial charge in [-0.15, -0.1) is 17.7 Å². The Balaban J connectivity index is 2.81. The molecular formula is C4H8N4O3S2. The Morgan fingerprint density at radius 1 is 1.69 bits per heavy atom. The largest absolute Gasteiger partial charge is 0.285 e. The normalized spacial score (nSPS) is 14.4. The van der Waals surface area contributed by atoms with Crippen LogP contribution in [0.15, 0.2) is 5.16 Å². The van der Waals surface area contributed by atoms with Crippen LogP contribution in [0.3, 0.4) is 0 Å². The van der Waals surface area contributed by atoms with Crippen LogP contribution in [0.4, 0.5) is 0 Å². The molecule has 0 aliphatic heterocycles. The van der Waals surface area contributed by atoms with Crippen molar-refractivity contribution in [1.82, 2.24) is 20.2 Å². The monoisotopic (exact) mass is 224 g/mol. The van der Waals surface area contributed by atoms with Crippen molar-refractivity contribution in [2.75, 3.05) is 5.75 Å². The summed E-state index contributed by atoms with van der Waals surface area (Å²) in [4.78, 5) is 0. The van der Waals surface area contributed by atoms with E-state index in [1.807, 2.05) is 0 Å². The Morgan fingerprint density at radius 2 is 2.31 bits per heavy atom. The smallest absolute Gasteiger partial charge is 0.266 e. The quantitative estimate of drug-likeness (QED) is 0.526. The number of hydrogen-bond acceptors (Lipinski definition) is 6. The fraction of sp³-hybridized carbons (Fsp3) is 0.750. The SMILES string of the molecule is CC(CS(=O)(=O)O)n1nnnc1S. The average molecular weight is 224 g/mol. The summed E-state index contributed by atoms with van der Waals surface area (Å²) in [5.41, 5.74) is 0. The molecular weight excluding hydrogens is 216 g/mol. The molecule has 1 rings (SSSR count). The first kappa shape index (κ1) is 10.4. The highest BCUT2D eigenvalue weighted by Gasteiger charge is 2.16. The number of aromatic nitrogens is 4. The van der Waals surface area contributed by atoms with Gasteiger partial charge in [0.05, 0.1) is 11.8 Å². The summed E-state index contributed by atoms with van der Waals surface area (Å²) in [5, 5.41) is 10.4. The molecule has 9 heteroatoms. The molecule has 1 aromatic rings. The maximum atomic E-state index is 10.5. The third-order valence-corrected chi connectivity index (χ3v) is 2.54. The van der Waals surface area contributed by atoms with Crippen molar-refractivity contribution < 1.29 is 13.0 Å². The molecule has 1 unspecified atom stereocenters. The highest BCUT2D eigenvalue weighted by Crippen LogP contribution is 2.10. The van der Waals surface area contributed by atoms with Gasteiger partial charge in [0, 0.05) is 0 Å². The van der Waals surface area contributed by atoms with Gasteiger partial charge < -0.3 is 0 Å². The van der Waals surface area contributed by atoms with Gasteiger partial charge in [0.1, 0.15) is 0 Å². The molecule has 0 saturated carbocycles. The molecule has 1 N–H and O–H groups in total. The van der Waals surface area contributed by atoms with Crippen molar-refractivity contribution in [3.05, 3.63) is 0 Å². The molecule has 0 saturated heterocycles. The van der Waals surface area contributed by atoms with Crippen molar-refractivity contribution in [2.24, 2.45) is 0 Å². The standard InChI is InChI=1S/C4H8N4O3S2/c1-3(2-13(9,10)11)8-4(12)5-6-7-8/h3H,2H2,1H3,(H,5,7,12)(H,9,10,11). The fourth-order valence-electron chi connectivity index (χ4n) is 0.850. The minimum atomic E-state index is -4.02. The Labute approximate surface area is 80.3 Å². The molecule has 74 valence electrons. The second-order valence-electron chi connectivity index (χ2n) is 2.52. The summed E-state index contributed by atoms with van der Waals surface area (Å²) < 4.78 is 30.7. The van der Waals surface area contributed by atoms with Crippen molar-refractivity contribution in [2.45, 2.75) is 18.1 Å². The van der Waals surface area contributed by atoms with E-state index < -0.39 is 21.9 Å². The second-order valence-corrected chi connectivity index (χ2v) is 4.42. The number of rotatable bonds is 3. The molecule has 0 aliphatic carbocycles. The van der Waals surface area contributed by atoms with Gasteiger partial charge in [-0.05, 0) is 17.4 Å². The van der Waals surface area contributed by atoms with Crippen LogP contribution in [0, 0.1) is 0 Å².